The molecule has 0 spiro atoms. The van der Waals surface area contributed by atoms with E-state index in [-0.39, 0.29) is 18.1 Å². The molecule has 1 aliphatic rings. The number of nitrogens with zero attached hydrogens (tertiary/aromatic N) is 1. The van der Waals surface area contributed by atoms with Gasteiger partial charge in [0.05, 0.1) is 30.5 Å². The first-order valence-corrected chi connectivity index (χ1v) is 6.95. The molecule has 114 valence electrons. The Morgan fingerprint density at radius 3 is 2.21 bits per heavy atom. The fourth-order valence-corrected chi connectivity index (χ4v) is 2.93. The first-order valence-electron chi connectivity index (χ1n) is 6.95. The van der Waals surface area contributed by atoms with Gasteiger partial charge in [0.2, 0.25) is 0 Å². The van der Waals surface area contributed by atoms with Gasteiger partial charge in [-0.25, -0.2) is 0 Å². The molecule has 0 aliphatic carbocycles. The molecule has 0 bridgehead atoms. The van der Waals surface area contributed by atoms with Gasteiger partial charge in [-0.3, -0.25) is 4.90 Å². The molecule has 5 nitrogen and oxygen atoms in total. The van der Waals surface area contributed by atoms with E-state index in [1.54, 1.807) is 7.11 Å². The average molecular weight is 275 g/mol. The summed E-state index contributed by atoms with van der Waals surface area (Å²) >= 11 is 0. The maximum Gasteiger partial charge on any atom is 0.0896 e. The Bertz CT molecular complexity index is 281. The van der Waals surface area contributed by atoms with Gasteiger partial charge < -0.3 is 19.7 Å². The van der Waals surface area contributed by atoms with E-state index in [4.69, 9.17) is 14.6 Å². The minimum absolute atomic E-state index is 0.0194. The van der Waals surface area contributed by atoms with Crippen molar-refractivity contribution < 1.29 is 19.7 Å². The van der Waals surface area contributed by atoms with Gasteiger partial charge in [0.25, 0.3) is 0 Å². The van der Waals surface area contributed by atoms with E-state index in [9.17, 15) is 5.11 Å². The molecule has 1 rings (SSSR count). The Kier molecular flexibility index (Phi) is 5.77. The van der Waals surface area contributed by atoms with Crippen molar-refractivity contribution in [2.24, 2.45) is 5.92 Å². The molecule has 0 aromatic rings. The van der Waals surface area contributed by atoms with E-state index in [2.05, 4.69) is 4.90 Å². The molecular weight excluding hydrogens is 246 g/mol. The third-order valence-electron chi connectivity index (χ3n) is 4.00. The van der Waals surface area contributed by atoms with Crippen molar-refractivity contribution in [3.8, 4) is 0 Å². The lowest BCUT2D eigenvalue weighted by molar-refractivity contribution is -0.0914. The Balaban J connectivity index is 2.71. The van der Waals surface area contributed by atoms with Crippen LogP contribution in [-0.4, -0.2) is 72.4 Å². The zero-order valence-corrected chi connectivity index (χ0v) is 12.8. The molecule has 5 heteroatoms. The first kappa shape index (κ1) is 16.9. The van der Waals surface area contributed by atoms with E-state index in [0.29, 0.717) is 19.7 Å². The summed E-state index contributed by atoms with van der Waals surface area (Å²) < 4.78 is 11.1. The summed E-state index contributed by atoms with van der Waals surface area (Å²) in [6.45, 7) is 10.6. The fourth-order valence-electron chi connectivity index (χ4n) is 2.93. The van der Waals surface area contributed by atoms with Crippen LogP contribution in [0.25, 0.3) is 0 Å². The lowest BCUT2D eigenvalue weighted by atomic mass is 9.84. The van der Waals surface area contributed by atoms with Gasteiger partial charge in [-0.2, -0.15) is 0 Å². The van der Waals surface area contributed by atoms with Crippen LogP contribution in [0, 0.1) is 5.92 Å². The molecule has 0 aromatic carbocycles. The molecule has 0 aromatic heterocycles. The van der Waals surface area contributed by atoms with Crippen molar-refractivity contribution in [2.75, 3.05) is 40.0 Å². The highest BCUT2D eigenvalue weighted by molar-refractivity contribution is 5.02. The second-order valence-corrected chi connectivity index (χ2v) is 6.38. The Labute approximate surface area is 116 Å². The summed E-state index contributed by atoms with van der Waals surface area (Å²) in [5.41, 5.74) is -0.899. The minimum atomic E-state index is -0.527. The maximum atomic E-state index is 10.4. The van der Waals surface area contributed by atoms with Crippen LogP contribution in [0.3, 0.4) is 0 Å². The third kappa shape index (κ3) is 4.13. The molecule has 1 fully saturated rings. The summed E-state index contributed by atoms with van der Waals surface area (Å²) in [6.07, 6.45) is -0.508. The van der Waals surface area contributed by atoms with Gasteiger partial charge in [-0.15, -0.1) is 0 Å². The molecule has 1 heterocycles. The molecule has 19 heavy (non-hydrogen) atoms. The lowest BCUT2D eigenvalue weighted by Gasteiger charge is -2.32. The van der Waals surface area contributed by atoms with Crippen molar-refractivity contribution in [2.45, 2.75) is 45.0 Å². The quantitative estimate of drug-likeness (QED) is 0.708. The van der Waals surface area contributed by atoms with Crippen molar-refractivity contribution in [3.05, 3.63) is 0 Å². The monoisotopic (exact) mass is 275 g/mol. The van der Waals surface area contributed by atoms with Gasteiger partial charge in [0, 0.05) is 32.7 Å². The second-order valence-electron chi connectivity index (χ2n) is 6.38. The highest BCUT2D eigenvalue weighted by atomic mass is 16.5. The maximum absolute atomic E-state index is 10.4. The van der Waals surface area contributed by atoms with E-state index in [1.165, 1.54) is 0 Å². The normalized spacial score (nSPS) is 29.1. The number of methoxy groups -OCH3 is 1. The number of hydrogen-bond donors (Lipinski definition) is 2. The van der Waals surface area contributed by atoms with Crippen molar-refractivity contribution in [3.63, 3.8) is 0 Å². The summed E-state index contributed by atoms with van der Waals surface area (Å²) in [5.74, 6) is 0.0194. The number of aliphatic hydroxyl groups excluding tert-OH is 2. The molecule has 0 radical (unpaired) electrons. The van der Waals surface area contributed by atoms with Crippen molar-refractivity contribution >= 4 is 0 Å². The molecule has 1 saturated heterocycles. The first-order chi connectivity index (χ1) is 8.74. The largest absolute Gasteiger partial charge is 0.395 e. The van der Waals surface area contributed by atoms with Crippen LogP contribution in [0.5, 0.6) is 0 Å². The molecule has 0 saturated carbocycles. The predicted molar refractivity (Wildman–Crippen MR) is 74.1 cm³/mol. The molecule has 2 atom stereocenters. The summed E-state index contributed by atoms with van der Waals surface area (Å²) in [6, 6.07) is 0. The van der Waals surface area contributed by atoms with E-state index < -0.39 is 11.7 Å². The molecule has 1 aliphatic heterocycles. The third-order valence-corrected chi connectivity index (χ3v) is 4.00. The van der Waals surface area contributed by atoms with Crippen molar-refractivity contribution in [1.82, 2.24) is 4.90 Å². The van der Waals surface area contributed by atoms with E-state index >= 15 is 0 Å². The number of hydrogen-bond acceptors (Lipinski definition) is 5. The SMILES string of the molecule is COCCN(CCO)CC1C(O)C(C)(C)OC1(C)C. The Morgan fingerprint density at radius 2 is 1.79 bits per heavy atom. The zero-order chi connectivity index (χ0) is 14.7. The fraction of sp³-hybridized carbons (Fsp3) is 1.00. The Hall–Kier alpha value is -0.200. The molecular formula is C14H29NO4. The number of aliphatic hydroxyl groups is 2. The minimum Gasteiger partial charge on any atom is -0.395 e. The smallest absolute Gasteiger partial charge is 0.0896 e. The topological polar surface area (TPSA) is 62.2 Å². The van der Waals surface area contributed by atoms with Crippen molar-refractivity contribution in [1.29, 1.82) is 0 Å². The van der Waals surface area contributed by atoms with Crippen LogP contribution in [0.4, 0.5) is 0 Å². The summed E-state index contributed by atoms with van der Waals surface area (Å²) in [4.78, 5) is 2.11. The molecule has 2 unspecified atom stereocenters. The number of ether oxygens (including phenoxy) is 2. The van der Waals surface area contributed by atoms with Gasteiger partial charge in [-0.05, 0) is 27.7 Å². The molecule has 0 amide bonds. The predicted octanol–water partition coefficient (Wildman–Crippen LogP) is 0.492. The second kappa shape index (κ2) is 6.50. The van der Waals surface area contributed by atoms with Crippen LogP contribution >= 0.6 is 0 Å². The summed E-state index contributed by atoms with van der Waals surface area (Å²) in [5, 5.41) is 19.6. The highest BCUT2D eigenvalue weighted by Crippen LogP contribution is 2.42. The van der Waals surface area contributed by atoms with Gasteiger partial charge in [0.1, 0.15) is 0 Å². The standard InChI is InChI=1S/C14H29NO4/c1-13(2)11(12(17)14(3,4)19-13)10-15(6-8-16)7-9-18-5/h11-12,16-17H,6-10H2,1-5H3. The van der Waals surface area contributed by atoms with Crippen LogP contribution in [0.1, 0.15) is 27.7 Å². The lowest BCUT2D eigenvalue weighted by Crippen LogP contribution is -2.45. The van der Waals surface area contributed by atoms with Gasteiger partial charge >= 0.3 is 0 Å². The number of rotatable bonds is 7. The van der Waals surface area contributed by atoms with E-state index in [0.717, 1.165) is 6.54 Å². The molecule has 2 N–H and O–H groups in total. The van der Waals surface area contributed by atoms with E-state index in [1.807, 2.05) is 27.7 Å². The Morgan fingerprint density at radius 1 is 1.16 bits per heavy atom. The van der Waals surface area contributed by atoms with Gasteiger partial charge in [0.15, 0.2) is 0 Å². The van der Waals surface area contributed by atoms with Crippen LogP contribution in [0.15, 0.2) is 0 Å². The zero-order valence-electron chi connectivity index (χ0n) is 12.8. The summed E-state index contributed by atoms with van der Waals surface area (Å²) in [7, 11) is 1.66. The average Bonchev–Trinajstić information content (AvgIpc) is 2.44. The van der Waals surface area contributed by atoms with Crippen LogP contribution in [0.2, 0.25) is 0 Å². The highest BCUT2D eigenvalue weighted by Gasteiger charge is 2.53. The van der Waals surface area contributed by atoms with Gasteiger partial charge in [-0.1, -0.05) is 0 Å². The van der Waals surface area contributed by atoms with Crippen LogP contribution in [-0.2, 0) is 9.47 Å². The van der Waals surface area contributed by atoms with Crippen LogP contribution < -0.4 is 0 Å².